The Labute approximate surface area is 126 Å². The van der Waals surface area contributed by atoms with Crippen molar-refractivity contribution in [3.63, 3.8) is 0 Å². The van der Waals surface area contributed by atoms with Crippen molar-refractivity contribution in [2.24, 2.45) is 0 Å². The Kier molecular flexibility index (Phi) is 4.39. The largest absolute Gasteiger partial charge is 0.306 e. The average Bonchev–Trinajstić information content (AvgIpc) is 2.94. The molecule has 1 heterocycles. The summed E-state index contributed by atoms with van der Waals surface area (Å²) in [6.07, 6.45) is 10.4. The first-order valence-corrected chi connectivity index (χ1v) is 9.74. The van der Waals surface area contributed by atoms with E-state index < -0.39 is 0 Å². The van der Waals surface area contributed by atoms with Crippen molar-refractivity contribution in [1.82, 2.24) is 5.32 Å². The number of rotatable bonds is 3. The summed E-state index contributed by atoms with van der Waals surface area (Å²) in [5.74, 6) is 0. The number of hydrogen-bond donors (Lipinski definition) is 1. The summed E-state index contributed by atoms with van der Waals surface area (Å²) >= 11 is 7.62. The molecule has 4 heteroatoms. The lowest BCUT2D eigenvalue weighted by atomic mass is 9.93. The first kappa shape index (κ1) is 13.5. The second-order valence-electron chi connectivity index (χ2n) is 5.35. The van der Waals surface area contributed by atoms with Crippen molar-refractivity contribution in [3.05, 3.63) is 20.3 Å². The number of thiophene rings is 1. The second-order valence-corrected chi connectivity index (χ2v) is 8.94. The van der Waals surface area contributed by atoms with E-state index >= 15 is 0 Å². The first-order chi connectivity index (χ1) is 8.78. The van der Waals surface area contributed by atoms with Gasteiger partial charge in [0, 0.05) is 22.2 Å². The van der Waals surface area contributed by atoms with Crippen molar-refractivity contribution >= 4 is 39.0 Å². The zero-order chi connectivity index (χ0) is 12.5. The number of aryl methyl sites for hydroxylation is 1. The highest BCUT2D eigenvalue weighted by molar-refractivity contribution is 9.11. The van der Waals surface area contributed by atoms with Crippen LogP contribution in [0, 0.1) is 0 Å². The molecule has 3 unspecified atom stereocenters. The van der Waals surface area contributed by atoms with E-state index in [4.69, 9.17) is 0 Å². The normalized spacial score (nSPS) is 31.6. The Balaban J connectivity index is 1.74. The molecule has 0 aromatic carbocycles. The predicted molar refractivity (Wildman–Crippen MR) is 85.8 cm³/mol. The number of nitrogens with one attached hydrogen (secondary N) is 1. The summed E-state index contributed by atoms with van der Waals surface area (Å²) in [5, 5.41) is 4.78. The maximum atomic E-state index is 3.95. The molecule has 2 aliphatic carbocycles. The van der Waals surface area contributed by atoms with E-state index in [1.807, 2.05) is 23.1 Å². The SMILES string of the molecule is CSC1CCCC1NC1CCCc2sc(Br)cc21. The Hall–Kier alpha value is 0.490. The van der Waals surface area contributed by atoms with E-state index in [9.17, 15) is 0 Å². The molecule has 3 rings (SSSR count). The van der Waals surface area contributed by atoms with Gasteiger partial charge in [0.2, 0.25) is 0 Å². The lowest BCUT2D eigenvalue weighted by Gasteiger charge is -2.29. The van der Waals surface area contributed by atoms with Crippen LogP contribution in [-0.4, -0.2) is 17.5 Å². The summed E-state index contributed by atoms with van der Waals surface area (Å²) in [6, 6.07) is 3.68. The Morgan fingerprint density at radius 2 is 2.22 bits per heavy atom. The van der Waals surface area contributed by atoms with Gasteiger partial charge in [0.1, 0.15) is 0 Å². The third kappa shape index (κ3) is 2.67. The molecule has 0 aliphatic heterocycles. The smallest absolute Gasteiger partial charge is 0.0704 e. The van der Waals surface area contributed by atoms with Crippen LogP contribution in [0.2, 0.25) is 0 Å². The minimum atomic E-state index is 0.606. The molecule has 18 heavy (non-hydrogen) atoms. The molecule has 1 aromatic heterocycles. The molecule has 0 radical (unpaired) electrons. The molecule has 0 bridgehead atoms. The maximum absolute atomic E-state index is 3.95. The van der Waals surface area contributed by atoms with Gasteiger partial charge in [-0.15, -0.1) is 11.3 Å². The van der Waals surface area contributed by atoms with Crippen LogP contribution in [0.25, 0.3) is 0 Å². The summed E-state index contributed by atoms with van der Waals surface area (Å²) in [6.45, 7) is 0. The number of fused-ring (bicyclic) bond motifs is 1. The van der Waals surface area contributed by atoms with Crippen LogP contribution < -0.4 is 5.32 Å². The van der Waals surface area contributed by atoms with Crippen molar-refractivity contribution in [3.8, 4) is 0 Å². The molecule has 0 spiro atoms. The highest BCUT2D eigenvalue weighted by Gasteiger charge is 2.31. The summed E-state index contributed by atoms with van der Waals surface area (Å²) < 4.78 is 1.30. The Bertz CT molecular complexity index is 418. The fraction of sp³-hybridized carbons (Fsp3) is 0.714. The van der Waals surface area contributed by atoms with E-state index in [0.29, 0.717) is 6.04 Å². The van der Waals surface area contributed by atoms with E-state index in [-0.39, 0.29) is 0 Å². The lowest BCUT2D eigenvalue weighted by molar-refractivity contribution is 0.403. The van der Waals surface area contributed by atoms with Gasteiger partial charge in [-0.05, 0) is 65.9 Å². The van der Waals surface area contributed by atoms with Crippen LogP contribution in [-0.2, 0) is 6.42 Å². The zero-order valence-electron chi connectivity index (χ0n) is 10.7. The Morgan fingerprint density at radius 3 is 3.06 bits per heavy atom. The topological polar surface area (TPSA) is 12.0 Å². The van der Waals surface area contributed by atoms with E-state index in [2.05, 4.69) is 33.6 Å². The molecule has 1 nitrogen and oxygen atoms in total. The van der Waals surface area contributed by atoms with Crippen LogP contribution in [0.5, 0.6) is 0 Å². The number of halogens is 1. The van der Waals surface area contributed by atoms with Crippen molar-refractivity contribution in [2.75, 3.05) is 6.26 Å². The van der Waals surface area contributed by atoms with Gasteiger partial charge in [-0.3, -0.25) is 0 Å². The molecule has 2 aliphatic rings. The minimum absolute atomic E-state index is 0.606. The fourth-order valence-corrected chi connectivity index (χ4v) is 6.12. The van der Waals surface area contributed by atoms with Crippen LogP contribution in [0.15, 0.2) is 9.85 Å². The van der Waals surface area contributed by atoms with Gasteiger partial charge >= 0.3 is 0 Å². The standard InChI is InChI=1S/C14H20BrNS2/c1-17-13-7-3-5-11(13)16-10-4-2-6-12-9(10)8-14(15)18-12/h8,10-11,13,16H,2-7H2,1H3. The maximum Gasteiger partial charge on any atom is 0.0704 e. The third-order valence-electron chi connectivity index (χ3n) is 4.25. The summed E-state index contributed by atoms with van der Waals surface area (Å²) in [5.41, 5.74) is 1.57. The van der Waals surface area contributed by atoms with Gasteiger partial charge in [0.25, 0.3) is 0 Å². The van der Waals surface area contributed by atoms with Gasteiger partial charge in [0.15, 0.2) is 0 Å². The molecular weight excluding hydrogens is 326 g/mol. The third-order valence-corrected chi connectivity index (χ3v) is 7.14. The molecule has 100 valence electrons. The van der Waals surface area contributed by atoms with Crippen LogP contribution in [0.4, 0.5) is 0 Å². The molecule has 0 amide bonds. The van der Waals surface area contributed by atoms with Crippen molar-refractivity contribution < 1.29 is 0 Å². The molecule has 1 fully saturated rings. The summed E-state index contributed by atoms with van der Waals surface area (Å²) in [4.78, 5) is 1.60. The van der Waals surface area contributed by atoms with Crippen LogP contribution in [0.1, 0.15) is 48.6 Å². The highest BCUT2D eigenvalue weighted by Crippen LogP contribution is 2.39. The number of hydrogen-bond acceptors (Lipinski definition) is 3. The monoisotopic (exact) mass is 345 g/mol. The highest BCUT2D eigenvalue weighted by atomic mass is 79.9. The lowest BCUT2D eigenvalue weighted by Crippen LogP contribution is -2.38. The molecule has 1 saturated carbocycles. The quantitative estimate of drug-likeness (QED) is 0.847. The first-order valence-electron chi connectivity index (χ1n) is 6.85. The number of thioether (sulfide) groups is 1. The van der Waals surface area contributed by atoms with Gasteiger partial charge in [-0.2, -0.15) is 11.8 Å². The second kappa shape index (κ2) is 5.86. The van der Waals surface area contributed by atoms with Crippen molar-refractivity contribution in [2.45, 2.75) is 55.9 Å². The zero-order valence-corrected chi connectivity index (χ0v) is 14.0. The molecule has 3 atom stereocenters. The molecule has 1 N–H and O–H groups in total. The van der Waals surface area contributed by atoms with Gasteiger partial charge < -0.3 is 5.32 Å². The average molecular weight is 346 g/mol. The van der Waals surface area contributed by atoms with Gasteiger partial charge in [-0.1, -0.05) is 6.42 Å². The molecule has 0 saturated heterocycles. The van der Waals surface area contributed by atoms with E-state index in [0.717, 1.165) is 11.3 Å². The Morgan fingerprint density at radius 1 is 1.33 bits per heavy atom. The van der Waals surface area contributed by atoms with E-state index in [1.54, 1.807) is 10.4 Å². The van der Waals surface area contributed by atoms with Gasteiger partial charge in [0.05, 0.1) is 3.79 Å². The summed E-state index contributed by atoms with van der Waals surface area (Å²) in [7, 11) is 0. The minimum Gasteiger partial charge on any atom is -0.306 e. The predicted octanol–water partition coefficient (Wildman–Crippen LogP) is 4.76. The van der Waals surface area contributed by atoms with E-state index in [1.165, 1.54) is 42.3 Å². The van der Waals surface area contributed by atoms with Crippen molar-refractivity contribution in [1.29, 1.82) is 0 Å². The molecular formula is C14H20BrNS2. The molecule has 1 aromatic rings. The fourth-order valence-electron chi connectivity index (χ4n) is 3.35. The van der Waals surface area contributed by atoms with Crippen LogP contribution >= 0.6 is 39.0 Å². The van der Waals surface area contributed by atoms with Gasteiger partial charge in [-0.25, -0.2) is 0 Å². The van der Waals surface area contributed by atoms with Crippen LogP contribution in [0.3, 0.4) is 0 Å².